The molecule has 1 amide bonds. The quantitative estimate of drug-likeness (QED) is 0.505. The predicted octanol–water partition coefficient (Wildman–Crippen LogP) is 4.36. The Hall–Kier alpha value is -3.56. The molecule has 0 aliphatic carbocycles. The highest BCUT2D eigenvalue weighted by atomic mass is 35.5. The summed E-state index contributed by atoms with van der Waals surface area (Å²) < 4.78 is 38.3. The van der Waals surface area contributed by atoms with E-state index in [2.05, 4.69) is 5.32 Å². The number of esters is 1. The van der Waals surface area contributed by atoms with Crippen LogP contribution in [0, 0.1) is 0 Å². The van der Waals surface area contributed by atoms with Crippen LogP contribution in [0.1, 0.15) is 27.6 Å². The van der Waals surface area contributed by atoms with Crippen LogP contribution in [-0.4, -0.2) is 40.1 Å². The van der Waals surface area contributed by atoms with Gasteiger partial charge in [-0.2, -0.15) is 0 Å². The van der Waals surface area contributed by atoms with Gasteiger partial charge in [-0.25, -0.2) is 13.2 Å². The van der Waals surface area contributed by atoms with Gasteiger partial charge in [0, 0.05) is 16.3 Å². The van der Waals surface area contributed by atoms with Crippen LogP contribution in [0.3, 0.4) is 0 Å². The van der Waals surface area contributed by atoms with Gasteiger partial charge in [0.2, 0.25) is 0 Å². The molecule has 0 bridgehead atoms. The third-order valence-corrected chi connectivity index (χ3v) is 7.12. The second kappa shape index (κ2) is 9.74. The predicted molar refractivity (Wildman–Crippen MR) is 128 cm³/mol. The summed E-state index contributed by atoms with van der Waals surface area (Å²) in [5, 5.41) is 3.04. The summed E-state index contributed by atoms with van der Waals surface area (Å²) >= 11 is 5.99. The van der Waals surface area contributed by atoms with Crippen LogP contribution in [0.5, 0.6) is 5.75 Å². The number of hydrogen-bond donors (Lipinski definition) is 1. The van der Waals surface area contributed by atoms with Gasteiger partial charge in [0.15, 0.2) is 0 Å². The van der Waals surface area contributed by atoms with Crippen molar-refractivity contribution in [2.24, 2.45) is 0 Å². The SMILES string of the molecule is CCOC(=O)c1ccc(NC(=O)c2ccc3c(c2)N(S(=O)(=O)c2cccc(Cl)c2)CCO3)cc1. The zero-order valence-corrected chi connectivity index (χ0v) is 19.7. The van der Waals surface area contributed by atoms with Crippen molar-refractivity contribution in [3.05, 3.63) is 82.9 Å². The summed E-state index contributed by atoms with van der Waals surface area (Å²) in [6.45, 7) is 2.24. The number of nitrogens with zero attached hydrogens (tertiary/aromatic N) is 1. The maximum Gasteiger partial charge on any atom is 0.338 e. The van der Waals surface area contributed by atoms with Crippen molar-refractivity contribution in [3.63, 3.8) is 0 Å². The van der Waals surface area contributed by atoms with Crippen LogP contribution in [0.25, 0.3) is 0 Å². The van der Waals surface area contributed by atoms with Crippen molar-refractivity contribution < 1.29 is 27.5 Å². The van der Waals surface area contributed by atoms with Crippen molar-refractivity contribution in [2.75, 3.05) is 29.4 Å². The first-order valence-corrected chi connectivity index (χ1v) is 12.2. The van der Waals surface area contributed by atoms with Crippen LogP contribution >= 0.6 is 11.6 Å². The Morgan fingerprint density at radius 3 is 2.50 bits per heavy atom. The van der Waals surface area contributed by atoms with E-state index in [0.717, 1.165) is 0 Å². The zero-order valence-electron chi connectivity index (χ0n) is 18.2. The topological polar surface area (TPSA) is 102 Å². The number of hydrogen-bond acceptors (Lipinski definition) is 6. The molecule has 8 nitrogen and oxygen atoms in total. The summed E-state index contributed by atoms with van der Waals surface area (Å²) in [4.78, 5) is 24.7. The van der Waals surface area contributed by atoms with Crippen molar-refractivity contribution in [2.45, 2.75) is 11.8 Å². The van der Waals surface area contributed by atoms with Gasteiger partial charge < -0.3 is 14.8 Å². The molecule has 1 aliphatic rings. The van der Waals surface area contributed by atoms with Gasteiger partial charge in [-0.1, -0.05) is 17.7 Å². The maximum absolute atomic E-state index is 13.3. The summed E-state index contributed by atoms with van der Waals surface area (Å²) in [6, 6.07) is 16.9. The third-order valence-electron chi connectivity index (χ3n) is 5.08. The second-order valence-corrected chi connectivity index (χ2v) is 9.62. The fourth-order valence-corrected chi connectivity index (χ4v) is 5.20. The Bertz CT molecular complexity index is 1340. The van der Waals surface area contributed by atoms with Gasteiger partial charge in [0.25, 0.3) is 15.9 Å². The van der Waals surface area contributed by atoms with E-state index in [-0.39, 0.29) is 35.9 Å². The number of fused-ring (bicyclic) bond motifs is 1. The lowest BCUT2D eigenvalue weighted by Crippen LogP contribution is -2.38. The van der Waals surface area contributed by atoms with Gasteiger partial charge in [0.05, 0.1) is 29.3 Å². The lowest BCUT2D eigenvalue weighted by Gasteiger charge is -2.30. The normalized spacial score (nSPS) is 12.9. The number of rotatable bonds is 6. The first kappa shape index (κ1) is 23.6. The molecule has 3 aromatic rings. The van der Waals surface area contributed by atoms with Crippen LogP contribution in [0.2, 0.25) is 5.02 Å². The second-order valence-electron chi connectivity index (χ2n) is 7.32. The van der Waals surface area contributed by atoms with Crippen molar-refractivity contribution in [3.8, 4) is 5.75 Å². The minimum atomic E-state index is -3.92. The minimum Gasteiger partial charge on any atom is -0.489 e. The van der Waals surface area contributed by atoms with E-state index in [1.807, 2.05) is 0 Å². The van der Waals surface area contributed by atoms with E-state index in [4.69, 9.17) is 21.1 Å². The van der Waals surface area contributed by atoms with Gasteiger partial charge in [0.1, 0.15) is 12.4 Å². The van der Waals surface area contributed by atoms with Crippen LogP contribution in [0.15, 0.2) is 71.6 Å². The monoisotopic (exact) mass is 500 g/mol. The molecule has 1 heterocycles. The molecule has 176 valence electrons. The zero-order chi connectivity index (χ0) is 24.3. The number of halogens is 1. The molecule has 4 rings (SSSR count). The number of carbonyl (C=O) groups is 2. The molecular formula is C24H21ClN2O6S. The molecule has 0 atom stereocenters. The highest BCUT2D eigenvalue weighted by molar-refractivity contribution is 7.92. The fraction of sp³-hybridized carbons (Fsp3) is 0.167. The van der Waals surface area contributed by atoms with Crippen molar-refractivity contribution >= 4 is 44.9 Å². The van der Waals surface area contributed by atoms with Gasteiger partial charge in [-0.3, -0.25) is 9.10 Å². The molecule has 1 N–H and O–H groups in total. The molecule has 0 unspecified atom stereocenters. The van der Waals surface area contributed by atoms with E-state index < -0.39 is 21.9 Å². The Morgan fingerprint density at radius 2 is 1.79 bits per heavy atom. The number of sulfonamides is 1. The van der Waals surface area contributed by atoms with E-state index >= 15 is 0 Å². The highest BCUT2D eigenvalue weighted by Crippen LogP contribution is 2.36. The maximum atomic E-state index is 13.3. The summed E-state index contributed by atoms with van der Waals surface area (Å²) in [5.41, 5.74) is 1.34. The largest absolute Gasteiger partial charge is 0.489 e. The standard InChI is InChI=1S/C24H21ClN2O6S/c1-2-32-24(29)16-6-9-19(10-7-16)26-23(28)17-8-11-22-21(14-17)27(12-13-33-22)34(30,31)20-5-3-4-18(25)15-20/h3-11,14-15H,2,12-13H2,1H3,(H,26,28). The number of anilines is 2. The molecule has 34 heavy (non-hydrogen) atoms. The Labute approximate surface area is 202 Å². The van der Waals surface area contributed by atoms with Crippen LogP contribution in [-0.2, 0) is 14.8 Å². The third kappa shape index (κ3) is 4.85. The lowest BCUT2D eigenvalue weighted by molar-refractivity contribution is 0.0526. The molecule has 0 aromatic heterocycles. The van der Waals surface area contributed by atoms with Gasteiger partial charge in [-0.05, 0) is 67.6 Å². The summed E-state index contributed by atoms with van der Waals surface area (Å²) in [6.07, 6.45) is 0. The van der Waals surface area contributed by atoms with Crippen LogP contribution in [0.4, 0.5) is 11.4 Å². The Morgan fingerprint density at radius 1 is 1.06 bits per heavy atom. The van der Waals surface area contributed by atoms with Crippen molar-refractivity contribution in [1.29, 1.82) is 0 Å². The number of carbonyl (C=O) groups excluding carboxylic acids is 2. The number of benzene rings is 3. The Kier molecular flexibility index (Phi) is 6.76. The number of amides is 1. The molecule has 0 saturated carbocycles. The molecule has 10 heteroatoms. The van der Waals surface area contributed by atoms with E-state index in [1.54, 1.807) is 55.5 Å². The first-order valence-electron chi connectivity index (χ1n) is 10.4. The van der Waals surface area contributed by atoms with E-state index in [1.165, 1.54) is 22.5 Å². The Balaban J connectivity index is 1.59. The first-order chi connectivity index (χ1) is 16.3. The van der Waals surface area contributed by atoms with Crippen LogP contribution < -0.4 is 14.4 Å². The molecule has 3 aromatic carbocycles. The number of ether oxygens (including phenoxy) is 2. The number of nitrogens with one attached hydrogen (secondary N) is 1. The molecule has 0 saturated heterocycles. The highest BCUT2D eigenvalue weighted by Gasteiger charge is 2.31. The van der Waals surface area contributed by atoms with Gasteiger partial charge >= 0.3 is 5.97 Å². The fourth-order valence-electron chi connectivity index (χ4n) is 3.45. The summed E-state index contributed by atoms with van der Waals surface area (Å²) in [5.74, 6) is -0.541. The molecule has 1 aliphatic heterocycles. The average Bonchev–Trinajstić information content (AvgIpc) is 2.84. The average molecular weight is 501 g/mol. The van der Waals surface area contributed by atoms with Gasteiger partial charge in [-0.15, -0.1) is 0 Å². The molecular weight excluding hydrogens is 480 g/mol. The molecule has 0 radical (unpaired) electrons. The van der Waals surface area contributed by atoms with E-state index in [0.29, 0.717) is 22.0 Å². The lowest BCUT2D eigenvalue weighted by atomic mass is 10.1. The minimum absolute atomic E-state index is 0.0457. The van der Waals surface area contributed by atoms with Crippen molar-refractivity contribution in [1.82, 2.24) is 0 Å². The smallest absolute Gasteiger partial charge is 0.338 e. The molecule has 0 spiro atoms. The van der Waals surface area contributed by atoms with E-state index in [9.17, 15) is 18.0 Å². The molecule has 0 fully saturated rings. The summed E-state index contributed by atoms with van der Waals surface area (Å²) in [7, 11) is -3.92.